The molecule has 1 fully saturated rings. The van der Waals surface area contributed by atoms with Crippen molar-refractivity contribution in [2.45, 2.75) is 31.5 Å². The van der Waals surface area contributed by atoms with Crippen molar-refractivity contribution in [3.8, 4) is 5.69 Å². The lowest BCUT2D eigenvalue weighted by Gasteiger charge is -2.30. The quantitative estimate of drug-likeness (QED) is 0.575. The zero-order valence-electron chi connectivity index (χ0n) is 17.2. The fourth-order valence-electron chi connectivity index (χ4n) is 4.08. The number of hydrogen-bond acceptors (Lipinski definition) is 5. The van der Waals surface area contributed by atoms with Gasteiger partial charge in [0.2, 0.25) is 17.4 Å². The Bertz CT molecular complexity index is 1300. The van der Waals surface area contributed by atoms with E-state index in [0.717, 1.165) is 15.0 Å². The normalized spacial score (nSPS) is 20.1. The summed E-state index contributed by atoms with van der Waals surface area (Å²) in [6.07, 6.45) is -4.73. The summed E-state index contributed by atoms with van der Waals surface area (Å²) >= 11 is 5.15. The highest BCUT2D eigenvalue weighted by Gasteiger charge is 2.68. The summed E-state index contributed by atoms with van der Waals surface area (Å²) in [5, 5.41) is 3.79. The fraction of sp³-hybridized carbons (Fsp3) is 0.350. The number of likely N-dealkylation sites (tertiary alicyclic amines) is 1. The average Bonchev–Trinajstić information content (AvgIpc) is 3.23. The van der Waals surface area contributed by atoms with Crippen molar-refractivity contribution < 1.29 is 27.6 Å². The summed E-state index contributed by atoms with van der Waals surface area (Å²) in [6.45, 7) is 1.28. The number of H-pyrrole nitrogens is 1. The molecule has 1 saturated heterocycles. The Balaban J connectivity index is 1.88. The van der Waals surface area contributed by atoms with Gasteiger partial charge in [-0.05, 0) is 43.3 Å². The highest BCUT2D eigenvalue weighted by atomic mass is 32.1. The molecule has 3 heterocycles. The highest BCUT2D eigenvalue weighted by molar-refractivity contribution is 7.71. The summed E-state index contributed by atoms with van der Waals surface area (Å²) in [6, 6.07) is 6.52. The minimum absolute atomic E-state index is 0.179. The van der Waals surface area contributed by atoms with Gasteiger partial charge in [-0.1, -0.05) is 12.1 Å². The molecule has 13 heteroatoms. The molecule has 0 radical (unpaired) electrons. The number of fused-ring (bicyclic) bond motifs is 1. The third-order valence-electron chi connectivity index (χ3n) is 5.58. The van der Waals surface area contributed by atoms with Crippen LogP contribution in [-0.2, 0) is 19.9 Å². The highest BCUT2D eigenvalue weighted by Crippen LogP contribution is 2.45. The first-order valence-corrected chi connectivity index (χ1v) is 10.3. The lowest BCUT2D eigenvalue weighted by molar-refractivity contribution is -0.200. The van der Waals surface area contributed by atoms with Gasteiger partial charge in [-0.15, -0.1) is 0 Å². The van der Waals surface area contributed by atoms with E-state index in [4.69, 9.17) is 12.2 Å². The maximum Gasteiger partial charge on any atom is 0.425 e. The number of carbonyl (C=O) groups is 3. The van der Waals surface area contributed by atoms with E-state index in [0.29, 0.717) is 12.1 Å². The average molecular weight is 481 g/mol. The van der Waals surface area contributed by atoms with Crippen molar-refractivity contribution in [3.05, 3.63) is 50.5 Å². The van der Waals surface area contributed by atoms with Crippen LogP contribution in [0, 0.1) is 11.7 Å². The van der Waals surface area contributed by atoms with Crippen LogP contribution in [-0.4, -0.2) is 51.4 Å². The lowest BCUT2D eigenvalue weighted by Crippen LogP contribution is -2.63. The number of hydrogen-bond donors (Lipinski definition) is 3. The van der Waals surface area contributed by atoms with E-state index >= 15 is 0 Å². The molecule has 0 spiro atoms. The van der Waals surface area contributed by atoms with Gasteiger partial charge in [0, 0.05) is 13.0 Å². The molecule has 2 aromatic rings. The molecule has 1 atom stereocenters. The number of amides is 3. The van der Waals surface area contributed by atoms with Crippen molar-refractivity contribution in [1.82, 2.24) is 19.8 Å². The summed E-state index contributed by atoms with van der Waals surface area (Å²) in [5.74, 6) is -3.75. The molecule has 9 nitrogen and oxygen atoms in total. The summed E-state index contributed by atoms with van der Waals surface area (Å²) in [4.78, 5) is 53.2. The van der Waals surface area contributed by atoms with Crippen LogP contribution < -0.4 is 16.2 Å². The molecule has 0 saturated carbocycles. The third-order valence-corrected chi connectivity index (χ3v) is 5.86. The zero-order valence-corrected chi connectivity index (χ0v) is 18.0. The lowest BCUT2D eigenvalue weighted by atomic mass is 9.92. The molecule has 3 N–H and O–H groups in total. The first-order valence-electron chi connectivity index (χ1n) is 9.89. The predicted octanol–water partition coefficient (Wildman–Crippen LogP) is 1.65. The number of benzene rings is 1. The van der Waals surface area contributed by atoms with Gasteiger partial charge in [-0.2, -0.15) is 13.2 Å². The van der Waals surface area contributed by atoms with E-state index in [1.165, 1.54) is 0 Å². The van der Waals surface area contributed by atoms with Crippen LogP contribution in [0.2, 0.25) is 0 Å². The minimum atomic E-state index is -5.38. The molecule has 1 aromatic carbocycles. The molecule has 2 aliphatic heterocycles. The number of rotatable bonds is 4. The largest absolute Gasteiger partial charge is 0.425 e. The second-order valence-electron chi connectivity index (χ2n) is 7.83. The standard InChI is InChI=1S/C20H18F3N5O4S/c1-10-4-2-5-11(8-10)28-15-14(16(31)25-18(28)33)19(17(32)24-15,20(21,22)23)26-12(29)9-27-7-3-6-13(27)30/h2,4-5,8H,3,6-7,9H2,1H3,(H,24,32)(H,26,29)(H,25,31,33)/t19-/m1/s1. The molecular formula is C20H18F3N5O4S. The van der Waals surface area contributed by atoms with Crippen molar-refractivity contribution in [3.63, 3.8) is 0 Å². The Hall–Kier alpha value is -3.48. The summed E-state index contributed by atoms with van der Waals surface area (Å²) in [7, 11) is 0. The molecule has 1 aromatic heterocycles. The van der Waals surface area contributed by atoms with Gasteiger partial charge in [0.1, 0.15) is 11.4 Å². The number of halogens is 3. The molecule has 33 heavy (non-hydrogen) atoms. The number of aryl methyl sites for hydroxylation is 1. The number of carbonyl (C=O) groups excluding carboxylic acids is 3. The van der Waals surface area contributed by atoms with Gasteiger partial charge in [-0.3, -0.25) is 28.7 Å². The number of nitrogens with zero attached hydrogens (tertiary/aromatic N) is 2. The Kier molecular flexibility index (Phi) is 5.39. The van der Waals surface area contributed by atoms with Crippen LogP contribution >= 0.6 is 12.2 Å². The minimum Gasteiger partial charge on any atom is -0.333 e. The van der Waals surface area contributed by atoms with Gasteiger partial charge in [0.25, 0.3) is 11.5 Å². The first kappa shape index (κ1) is 22.7. The van der Waals surface area contributed by atoms with Crippen LogP contribution in [0.25, 0.3) is 5.69 Å². The van der Waals surface area contributed by atoms with Crippen LogP contribution in [0.5, 0.6) is 0 Å². The summed E-state index contributed by atoms with van der Waals surface area (Å²) < 4.78 is 44.1. The number of nitrogens with one attached hydrogen (secondary N) is 3. The fourth-order valence-corrected chi connectivity index (χ4v) is 4.37. The molecule has 3 amide bonds. The van der Waals surface area contributed by atoms with Crippen molar-refractivity contribution in [2.75, 3.05) is 18.4 Å². The Morgan fingerprint density at radius 3 is 2.61 bits per heavy atom. The second-order valence-corrected chi connectivity index (χ2v) is 8.21. The Morgan fingerprint density at radius 1 is 1.27 bits per heavy atom. The number of aromatic nitrogens is 2. The van der Waals surface area contributed by atoms with E-state index in [2.05, 4.69) is 10.3 Å². The van der Waals surface area contributed by atoms with E-state index in [9.17, 15) is 32.3 Å². The smallest absolute Gasteiger partial charge is 0.333 e. The predicted molar refractivity (Wildman–Crippen MR) is 112 cm³/mol. The first-order chi connectivity index (χ1) is 15.5. The summed E-state index contributed by atoms with van der Waals surface area (Å²) in [5.41, 5.74) is -4.91. The molecule has 0 unspecified atom stereocenters. The topological polar surface area (TPSA) is 116 Å². The third kappa shape index (κ3) is 3.61. The molecular weight excluding hydrogens is 463 g/mol. The monoisotopic (exact) mass is 481 g/mol. The van der Waals surface area contributed by atoms with Crippen molar-refractivity contribution in [2.24, 2.45) is 0 Å². The number of aromatic amines is 1. The molecule has 0 aliphatic carbocycles. The second kappa shape index (κ2) is 7.83. The van der Waals surface area contributed by atoms with Gasteiger partial charge < -0.3 is 15.5 Å². The van der Waals surface area contributed by atoms with E-state index in [1.807, 2.05) is 0 Å². The van der Waals surface area contributed by atoms with Gasteiger partial charge >= 0.3 is 6.18 Å². The van der Waals surface area contributed by atoms with E-state index in [-0.39, 0.29) is 23.6 Å². The molecule has 0 bridgehead atoms. The zero-order chi connectivity index (χ0) is 24.1. The van der Waals surface area contributed by atoms with Crippen LogP contribution in [0.3, 0.4) is 0 Å². The van der Waals surface area contributed by atoms with Crippen LogP contribution in [0.4, 0.5) is 19.0 Å². The molecule has 2 aliphatic rings. The molecule has 174 valence electrons. The van der Waals surface area contributed by atoms with Crippen molar-refractivity contribution >= 4 is 35.8 Å². The van der Waals surface area contributed by atoms with Crippen molar-refractivity contribution in [1.29, 1.82) is 0 Å². The maximum atomic E-state index is 14.4. The van der Waals surface area contributed by atoms with Gasteiger partial charge in [0.15, 0.2) is 4.77 Å². The number of alkyl halides is 3. The Labute approximate surface area is 189 Å². The van der Waals surface area contributed by atoms with E-state index < -0.39 is 47.0 Å². The Morgan fingerprint density at radius 2 is 2.00 bits per heavy atom. The SMILES string of the molecule is Cc1cccc(-n2c3c(c(=O)[nH]c2=S)[C@](NC(=O)CN2CCCC2=O)(C(F)(F)F)C(=O)N3)c1. The number of anilines is 1. The van der Waals surface area contributed by atoms with Crippen LogP contribution in [0.1, 0.15) is 24.0 Å². The van der Waals surface area contributed by atoms with E-state index in [1.54, 1.807) is 36.5 Å². The van der Waals surface area contributed by atoms with Gasteiger partial charge in [-0.25, -0.2) is 0 Å². The van der Waals surface area contributed by atoms with Crippen LogP contribution in [0.15, 0.2) is 29.1 Å². The molecule has 4 rings (SSSR count). The maximum absolute atomic E-state index is 14.4. The van der Waals surface area contributed by atoms with Gasteiger partial charge in [0.05, 0.1) is 12.2 Å².